The minimum absolute atomic E-state index is 0.0521. The second-order valence-corrected chi connectivity index (χ2v) is 8.93. The third-order valence-corrected chi connectivity index (χ3v) is 7.05. The van der Waals surface area contributed by atoms with Crippen LogP contribution in [0.1, 0.15) is 5.56 Å². The molecule has 1 heterocycles. The molecule has 0 amide bonds. The largest absolute Gasteiger partial charge is 0.296 e. The first-order chi connectivity index (χ1) is 12.8. The van der Waals surface area contributed by atoms with E-state index in [-0.39, 0.29) is 15.6 Å². The number of nitro benzene ring substituents is 1. The predicted octanol–water partition coefficient (Wildman–Crippen LogP) is 3.41. The van der Waals surface area contributed by atoms with Crippen LogP contribution >= 0.6 is 23.2 Å². The lowest BCUT2D eigenvalue weighted by Gasteiger charge is -2.34. The van der Waals surface area contributed by atoms with E-state index in [0.29, 0.717) is 37.7 Å². The van der Waals surface area contributed by atoms with E-state index < -0.39 is 14.9 Å². The average Bonchev–Trinajstić information content (AvgIpc) is 2.65. The number of hydrogen-bond donors (Lipinski definition) is 0. The van der Waals surface area contributed by atoms with Crippen LogP contribution in [0, 0.1) is 10.1 Å². The number of sulfonamides is 1. The molecular weight excluding hydrogens is 413 g/mol. The van der Waals surface area contributed by atoms with Crippen molar-refractivity contribution < 1.29 is 13.3 Å². The van der Waals surface area contributed by atoms with Crippen LogP contribution in [0.5, 0.6) is 0 Å². The molecule has 144 valence electrons. The Kier molecular flexibility index (Phi) is 6.02. The zero-order chi connectivity index (χ0) is 19.6. The van der Waals surface area contributed by atoms with Gasteiger partial charge in [-0.05, 0) is 23.8 Å². The molecule has 3 rings (SSSR count). The van der Waals surface area contributed by atoms with Crippen molar-refractivity contribution in [1.29, 1.82) is 0 Å². The van der Waals surface area contributed by atoms with E-state index in [0.717, 1.165) is 5.56 Å². The number of nitro groups is 1. The first-order valence-electron chi connectivity index (χ1n) is 8.18. The maximum absolute atomic E-state index is 12.8. The maximum Gasteiger partial charge on any atom is 0.269 e. The van der Waals surface area contributed by atoms with Gasteiger partial charge >= 0.3 is 0 Å². The molecule has 0 atom stereocenters. The number of halogens is 2. The molecule has 2 aromatic carbocycles. The van der Waals surface area contributed by atoms with Crippen LogP contribution in [0.25, 0.3) is 0 Å². The molecule has 0 unspecified atom stereocenters. The van der Waals surface area contributed by atoms with Gasteiger partial charge in [0.1, 0.15) is 0 Å². The highest BCUT2D eigenvalue weighted by molar-refractivity contribution is 7.89. The van der Waals surface area contributed by atoms with Crippen LogP contribution in [0.15, 0.2) is 47.4 Å². The van der Waals surface area contributed by atoms with Crippen molar-refractivity contribution in [1.82, 2.24) is 9.21 Å². The van der Waals surface area contributed by atoms with Crippen LogP contribution in [0.2, 0.25) is 10.0 Å². The second kappa shape index (κ2) is 8.12. The Hall–Kier alpha value is -1.71. The summed E-state index contributed by atoms with van der Waals surface area (Å²) < 4.78 is 26.9. The summed E-state index contributed by atoms with van der Waals surface area (Å²) in [6, 6.07) is 10.7. The van der Waals surface area contributed by atoms with Gasteiger partial charge < -0.3 is 0 Å². The maximum atomic E-state index is 12.8. The summed E-state index contributed by atoms with van der Waals surface area (Å²) in [4.78, 5) is 12.5. The molecule has 1 saturated heterocycles. The zero-order valence-electron chi connectivity index (χ0n) is 14.2. The van der Waals surface area contributed by atoms with Crippen molar-refractivity contribution in [3.63, 3.8) is 0 Å². The highest BCUT2D eigenvalue weighted by atomic mass is 35.5. The Morgan fingerprint density at radius 1 is 0.963 bits per heavy atom. The van der Waals surface area contributed by atoms with E-state index in [1.807, 2.05) is 0 Å². The number of hydrogen-bond acceptors (Lipinski definition) is 5. The van der Waals surface area contributed by atoms with Gasteiger partial charge in [0.15, 0.2) is 0 Å². The minimum atomic E-state index is -3.62. The SMILES string of the molecule is O=[N+]([O-])c1ccc(CN2CCN(S(=O)(=O)c3ccc(Cl)c(Cl)c3)CC2)cc1. The third kappa shape index (κ3) is 4.59. The number of nitrogens with zero attached hydrogens (tertiary/aromatic N) is 3. The molecule has 27 heavy (non-hydrogen) atoms. The van der Waals surface area contributed by atoms with Crippen LogP contribution < -0.4 is 0 Å². The lowest BCUT2D eigenvalue weighted by molar-refractivity contribution is -0.384. The van der Waals surface area contributed by atoms with Gasteiger partial charge in [-0.3, -0.25) is 15.0 Å². The predicted molar refractivity (Wildman–Crippen MR) is 104 cm³/mol. The van der Waals surface area contributed by atoms with Gasteiger partial charge in [0.25, 0.3) is 5.69 Å². The van der Waals surface area contributed by atoms with Gasteiger partial charge in [0.05, 0.1) is 19.9 Å². The van der Waals surface area contributed by atoms with Crippen LogP contribution in [0.4, 0.5) is 5.69 Å². The topological polar surface area (TPSA) is 83.8 Å². The first-order valence-corrected chi connectivity index (χ1v) is 10.4. The lowest BCUT2D eigenvalue weighted by Crippen LogP contribution is -2.48. The standard InChI is InChI=1S/C17H17Cl2N3O4S/c18-16-6-5-15(11-17(16)19)27(25,26)21-9-7-20(8-10-21)12-13-1-3-14(4-2-13)22(23)24/h1-6,11H,7-10,12H2. The molecule has 10 heteroatoms. The molecule has 1 fully saturated rings. The van der Waals surface area contributed by atoms with E-state index in [1.54, 1.807) is 12.1 Å². The third-order valence-electron chi connectivity index (χ3n) is 4.41. The van der Waals surface area contributed by atoms with Gasteiger partial charge in [0, 0.05) is 44.9 Å². The van der Waals surface area contributed by atoms with Gasteiger partial charge in [-0.2, -0.15) is 4.31 Å². The fraction of sp³-hybridized carbons (Fsp3) is 0.294. The smallest absolute Gasteiger partial charge is 0.269 e. The molecule has 0 spiro atoms. The highest BCUT2D eigenvalue weighted by Gasteiger charge is 2.28. The number of benzene rings is 2. The molecule has 1 aliphatic heterocycles. The Bertz CT molecular complexity index is 943. The number of piperazine rings is 1. The molecule has 0 bridgehead atoms. The fourth-order valence-corrected chi connectivity index (χ4v) is 4.71. The second-order valence-electron chi connectivity index (χ2n) is 6.18. The summed E-state index contributed by atoms with van der Waals surface area (Å²) >= 11 is 11.8. The van der Waals surface area contributed by atoms with Gasteiger partial charge in [-0.1, -0.05) is 35.3 Å². The molecule has 0 aromatic heterocycles. The van der Waals surface area contributed by atoms with Crippen molar-refractivity contribution >= 4 is 38.9 Å². The van der Waals surface area contributed by atoms with E-state index >= 15 is 0 Å². The van der Waals surface area contributed by atoms with Crippen molar-refractivity contribution in [3.05, 3.63) is 68.2 Å². The summed E-state index contributed by atoms with van der Waals surface area (Å²) in [5.74, 6) is 0. The monoisotopic (exact) mass is 429 g/mol. The average molecular weight is 430 g/mol. The normalized spacial score (nSPS) is 16.4. The first kappa shape index (κ1) is 20.0. The summed E-state index contributed by atoms with van der Waals surface area (Å²) in [6.45, 7) is 2.46. The Morgan fingerprint density at radius 2 is 1.59 bits per heavy atom. The van der Waals surface area contributed by atoms with E-state index in [1.165, 1.54) is 34.6 Å². The van der Waals surface area contributed by atoms with Crippen molar-refractivity contribution in [2.24, 2.45) is 0 Å². The van der Waals surface area contributed by atoms with Crippen molar-refractivity contribution in [2.45, 2.75) is 11.4 Å². The van der Waals surface area contributed by atoms with Crippen LogP contribution in [0.3, 0.4) is 0 Å². The molecule has 0 saturated carbocycles. The molecular formula is C17H17Cl2N3O4S. The highest BCUT2D eigenvalue weighted by Crippen LogP contribution is 2.27. The summed E-state index contributed by atoms with van der Waals surface area (Å²) in [5.41, 5.74) is 0.998. The van der Waals surface area contributed by atoms with Gasteiger partial charge in [-0.25, -0.2) is 8.42 Å². The van der Waals surface area contributed by atoms with Crippen molar-refractivity contribution in [3.8, 4) is 0 Å². The van der Waals surface area contributed by atoms with E-state index in [2.05, 4.69) is 4.90 Å². The molecule has 0 aliphatic carbocycles. The molecule has 1 aliphatic rings. The van der Waals surface area contributed by atoms with Gasteiger partial charge in [-0.15, -0.1) is 0 Å². The van der Waals surface area contributed by atoms with E-state index in [9.17, 15) is 18.5 Å². The summed E-state index contributed by atoms with van der Waals surface area (Å²) in [5, 5.41) is 11.2. The Balaban J connectivity index is 1.62. The van der Waals surface area contributed by atoms with Gasteiger partial charge in [0.2, 0.25) is 10.0 Å². The number of rotatable bonds is 5. The summed E-state index contributed by atoms with van der Waals surface area (Å²) in [7, 11) is -3.62. The quantitative estimate of drug-likeness (QED) is 0.536. The van der Waals surface area contributed by atoms with Crippen LogP contribution in [-0.2, 0) is 16.6 Å². The minimum Gasteiger partial charge on any atom is -0.296 e. The van der Waals surface area contributed by atoms with Crippen molar-refractivity contribution in [2.75, 3.05) is 26.2 Å². The zero-order valence-corrected chi connectivity index (χ0v) is 16.5. The fourth-order valence-electron chi connectivity index (χ4n) is 2.90. The summed E-state index contributed by atoms with van der Waals surface area (Å²) in [6.07, 6.45) is 0. The molecule has 2 aromatic rings. The molecule has 7 nitrogen and oxygen atoms in total. The van der Waals surface area contributed by atoms with E-state index in [4.69, 9.17) is 23.2 Å². The number of non-ortho nitro benzene ring substituents is 1. The van der Waals surface area contributed by atoms with Crippen LogP contribution in [-0.4, -0.2) is 48.7 Å². The lowest BCUT2D eigenvalue weighted by atomic mass is 10.2. The molecule has 0 N–H and O–H groups in total. The Labute approximate surface area is 167 Å². The Morgan fingerprint density at radius 3 is 2.15 bits per heavy atom. The molecule has 0 radical (unpaired) electrons.